The van der Waals surface area contributed by atoms with Crippen LogP contribution in [0.15, 0.2) is 18.2 Å². The molecule has 1 aromatic rings. The predicted molar refractivity (Wildman–Crippen MR) is 76.1 cm³/mol. The van der Waals surface area contributed by atoms with Gasteiger partial charge < -0.3 is 5.32 Å². The number of halogens is 1. The Balaban J connectivity index is 2.71. The molecule has 4 heteroatoms. The van der Waals surface area contributed by atoms with Crippen LogP contribution in [-0.4, -0.2) is 18.2 Å². The molecule has 3 nitrogen and oxygen atoms in total. The highest BCUT2D eigenvalue weighted by Gasteiger charge is 2.13. The van der Waals surface area contributed by atoms with E-state index in [-0.39, 0.29) is 24.2 Å². The van der Waals surface area contributed by atoms with E-state index in [1.807, 2.05) is 32.9 Å². The topological polar surface area (TPSA) is 46.2 Å². The molecule has 0 aliphatic rings. The molecule has 92 valence electrons. The summed E-state index contributed by atoms with van der Waals surface area (Å²) < 4.78 is 0.930. The first-order chi connectivity index (χ1) is 7.93. The van der Waals surface area contributed by atoms with E-state index < -0.39 is 0 Å². The molecule has 0 saturated carbocycles. The fourth-order valence-corrected chi connectivity index (χ4v) is 1.89. The molecule has 0 aromatic heterocycles. The van der Waals surface area contributed by atoms with Crippen molar-refractivity contribution in [2.45, 2.75) is 20.8 Å². The monoisotopic (exact) mass is 345 g/mol. The number of carbonyl (C=O) groups is 2. The van der Waals surface area contributed by atoms with Crippen LogP contribution in [0, 0.1) is 16.4 Å². The van der Waals surface area contributed by atoms with Crippen LogP contribution < -0.4 is 5.32 Å². The van der Waals surface area contributed by atoms with Gasteiger partial charge in [0.05, 0.1) is 12.1 Å². The number of aryl methyl sites for hydroxylation is 1. The summed E-state index contributed by atoms with van der Waals surface area (Å²) in [5, 5.41) is 2.65. The molecule has 0 fully saturated rings. The number of amides is 1. The van der Waals surface area contributed by atoms with Crippen molar-refractivity contribution in [1.82, 2.24) is 5.32 Å². The Bertz CT molecular complexity index is 441. The summed E-state index contributed by atoms with van der Waals surface area (Å²) in [6.07, 6.45) is 0. The first-order valence-corrected chi connectivity index (χ1v) is 6.57. The van der Waals surface area contributed by atoms with E-state index in [0.29, 0.717) is 5.56 Å². The maximum atomic E-state index is 11.9. The van der Waals surface area contributed by atoms with Gasteiger partial charge >= 0.3 is 0 Å². The number of benzene rings is 1. The van der Waals surface area contributed by atoms with Gasteiger partial charge in [0.25, 0.3) is 5.91 Å². The van der Waals surface area contributed by atoms with Gasteiger partial charge in [-0.3, -0.25) is 9.59 Å². The molecule has 1 N–H and O–H groups in total. The molecular formula is C13H16INO2. The summed E-state index contributed by atoms with van der Waals surface area (Å²) >= 11 is 2.14. The first-order valence-electron chi connectivity index (χ1n) is 5.49. The molecule has 0 aliphatic carbocycles. The lowest BCUT2D eigenvalue weighted by Crippen LogP contribution is -2.32. The van der Waals surface area contributed by atoms with Crippen LogP contribution in [0.2, 0.25) is 0 Å². The zero-order valence-electron chi connectivity index (χ0n) is 10.2. The quantitative estimate of drug-likeness (QED) is 0.853. The van der Waals surface area contributed by atoms with Gasteiger partial charge in [0.1, 0.15) is 0 Å². The smallest absolute Gasteiger partial charge is 0.252 e. The van der Waals surface area contributed by atoms with Crippen LogP contribution in [0.3, 0.4) is 0 Å². The average molecular weight is 345 g/mol. The maximum absolute atomic E-state index is 11.9. The number of ketones is 1. The normalized spacial score (nSPS) is 10.4. The summed E-state index contributed by atoms with van der Waals surface area (Å²) in [5.74, 6) is -0.194. The third kappa shape index (κ3) is 3.80. The van der Waals surface area contributed by atoms with Gasteiger partial charge in [0, 0.05) is 9.49 Å². The minimum Gasteiger partial charge on any atom is -0.345 e. The molecule has 0 spiro atoms. The van der Waals surface area contributed by atoms with E-state index in [1.54, 1.807) is 6.07 Å². The molecule has 0 atom stereocenters. The highest BCUT2D eigenvalue weighted by Crippen LogP contribution is 2.16. The summed E-state index contributed by atoms with van der Waals surface area (Å²) in [7, 11) is 0. The fourth-order valence-electron chi connectivity index (χ4n) is 1.29. The maximum Gasteiger partial charge on any atom is 0.252 e. The number of carbonyl (C=O) groups excluding carboxylic acids is 2. The summed E-state index contributed by atoms with van der Waals surface area (Å²) in [5.41, 5.74) is 1.69. The first kappa shape index (κ1) is 14.2. The third-order valence-electron chi connectivity index (χ3n) is 2.50. The lowest BCUT2D eigenvalue weighted by atomic mass is 10.1. The van der Waals surface area contributed by atoms with Crippen molar-refractivity contribution in [1.29, 1.82) is 0 Å². The van der Waals surface area contributed by atoms with Crippen molar-refractivity contribution in [3.05, 3.63) is 32.9 Å². The molecule has 0 radical (unpaired) electrons. The van der Waals surface area contributed by atoms with Crippen molar-refractivity contribution in [3.63, 3.8) is 0 Å². The zero-order chi connectivity index (χ0) is 13.0. The van der Waals surface area contributed by atoms with Gasteiger partial charge in [0.2, 0.25) is 0 Å². The number of rotatable bonds is 4. The Kier molecular flexibility index (Phi) is 5.11. The van der Waals surface area contributed by atoms with Gasteiger partial charge in [-0.25, -0.2) is 0 Å². The minimum absolute atomic E-state index is 0.0426. The van der Waals surface area contributed by atoms with Crippen LogP contribution >= 0.6 is 22.6 Å². The second-order valence-corrected chi connectivity index (χ2v) is 5.32. The highest BCUT2D eigenvalue weighted by molar-refractivity contribution is 14.1. The van der Waals surface area contributed by atoms with Crippen molar-refractivity contribution >= 4 is 34.3 Å². The Morgan fingerprint density at radius 1 is 1.35 bits per heavy atom. The van der Waals surface area contributed by atoms with E-state index in [2.05, 4.69) is 27.9 Å². The third-order valence-corrected chi connectivity index (χ3v) is 3.94. The average Bonchev–Trinajstić information content (AvgIpc) is 2.29. The molecule has 0 unspecified atom stereocenters. The molecule has 0 bridgehead atoms. The number of hydrogen-bond acceptors (Lipinski definition) is 2. The van der Waals surface area contributed by atoms with E-state index in [4.69, 9.17) is 0 Å². The molecule has 0 aliphatic heterocycles. The van der Waals surface area contributed by atoms with Gasteiger partial charge in [-0.15, -0.1) is 0 Å². The summed E-state index contributed by atoms with van der Waals surface area (Å²) in [6.45, 7) is 5.70. The minimum atomic E-state index is -0.188. The van der Waals surface area contributed by atoms with Crippen molar-refractivity contribution in [2.75, 3.05) is 6.54 Å². The largest absolute Gasteiger partial charge is 0.345 e. The van der Waals surface area contributed by atoms with E-state index >= 15 is 0 Å². The Morgan fingerprint density at radius 2 is 2.00 bits per heavy atom. The molecule has 0 saturated heterocycles. The number of nitrogens with one attached hydrogen (secondary N) is 1. The molecule has 1 rings (SSSR count). The van der Waals surface area contributed by atoms with Gasteiger partial charge in [0.15, 0.2) is 5.78 Å². The second kappa shape index (κ2) is 6.14. The zero-order valence-corrected chi connectivity index (χ0v) is 12.4. The number of Topliss-reactive ketones (excluding diaryl/α,β-unsaturated/α-hetero) is 1. The Labute approximate surface area is 115 Å². The van der Waals surface area contributed by atoms with Crippen LogP contribution in [0.1, 0.15) is 29.8 Å². The fraction of sp³-hybridized carbons (Fsp3) is 0.385. The van der Waals surface area contributed by atoms with E-state index in [1.165, 1.54) is 0 Å². The lowest BCUT2D eigenvalue weighted by Gasteiger charge is -2.09. The van der Waals surface area contributed by atoms with Gasteiger partial charge in [-0.1, -0.05) is 26.0 Å². The standard InChI is InChI=1S/C13H16INO2/c1-8(2)11(16)7-15-13(17)10-6-4-5-9(3)12(10)14/h4-6,8H,7H2,1-3H3,(H,15,17). The Morgan fingerprint density at radius 3 is 2.59 bits per heavy atom. The predicted octanol–water partition coefficient (Wildman–Crippen LogP) is 2.55. The SMILES string of the molecule is Cc1cccc(C(=O)NCC(=O)C(C)C)c1I. The Hall–Kier alpha value is -0.910. The molecular weight excluding hydrogens is 329 g/mol. The number of hydrogen-bond donors (Lipinski definition) is 1. The van der Waals surface area contributed by atoms with Crippen molar-refractivity contribution < 1.29 is 9.59 Å². The van der Waals surface area contributed by atoms with Gasteiger partial charge in [-0.05, 0) is 41.1 Å². The summed E-state index contributed by atoms with van der Waals surface area (Å²) in [4.78, 5) is 23.3. The van der Waals surface area contributed by atoms with Gasteiger partial charge in [-0.2, -0.15) is 0 Å². The molecule has 1 aromatic carbocycles. The molecule has 17 heavy (non-hydrogen) atoms. The van der Waals surface area contributed by atoms with Crippen molar-refractivity contribution in [3.8, 4) is 0 Å². The van der Waals surface area contributed by atoms with E-state index in [0.717, 1.165) is 9.13 Å². The second-order valence-electron chi connectivity index (χ2n) is 4.24. The summed E-state index contributed by atoms with van der Waals surface area (Å²) in [6, 6.07) is 5.57. The molecule has 0 heterocycles. The van der Waals surface area contributed by atoms with Crippen LogP contribution in [0.25, 0.3) is 0 Å². The van der Waals surface area contributed by atoms with Crippen LogP contribution in [0.4, 0.5) is 0 Å². The lowest BCUT2D eigenvalue weighted by molar-refractivity contribution is -0.120. The van der Waals surface area contributed by atoms with Crippen molar-refractivity contribution in [2.24, 2.45) is 5.92 Å². The van der Waals surface area contributed by atoms with Crippen LogP contribution in [0.5, 0.6) is 0 Å². The highest BCUT2D eigenvalue weighted by atomic mass is 127. The molecule has 1 amide bonds. The van der Waals surface area contributed by atoms with E-state index in [9.17, 15) is 9.59 Å². The van der Waals surface area contributed by atoms with Crippen LogP contribution in [-0.2, 0) is 4.79 Å².